The number of fused-ring (bicyclic) bond motifs is 2. The van der Waals surface area contributed by atoms with E-state index in [9.17, 15) is 0 Å². The molecule has 0 amide bonds. The van der Waals surface area contributed by atoms with Crippen molar-refractivity contribution in [2.45, 2.75) is 0 Å². The highest BCUT2D eigenvalue weighted by molar-refractivity contribution is 6.28. The Morgan fingerprint density at radius 1 is 0.333 bits per heavy atom. The highest BCUT2D eigenvalue weighted by atomic mass is 14.9. The molecule has 0 unspecified atom stereocenters. The lowest BCUT2D eigenvalue weighted by molar-refractivity contribution is 1.27. The van der Waals surface area contributed by atoms with Gasteiger partial charge in [-0.2, -0.15) is 0 Å². The Balaban J connectivity index is 1.38. The van der Waals surface area contributed by atoms with Gasteiger partial charge in [-0.05, 0) is 78.8 Å². The molecule has 1 aromatic heterocycles. The van der Waals surface area contributed by atoms with Gasteiger partial charge in [-0.15, -0.1) is 0 Å². The van der Waals surface area contributed by atoms with Crippen molar-refractivity contribution in [1.82, 2.24) is 9.97 Å². The van der Waals surface area contributed by atoms with Gasteiger partial charge in [0.15, 0.2) is 5.82 Å². The zero-order chi connectivity index (χ0) is 27.6. The van der Waals surface area contributed by atoms with Crippen molar-refractivity contribution in [2.75, 3.05) is 0 Å². The third kappa shape index (κ3) is 3.45. The van der Waals surface area contributed by atoms with Gasteiger partial charge in [-0.3, -0.25) is 0 Å². The first kappa shape index (κ1) is 23.1. The molecule has 0 saturated heterocycles. The summed E-state index contributed by atoms with van der Waals surface area (Å²) in [5, 5.41) is 9.69. The first-order valence-electron chi connectivity index (χ1n) is 14.3. The minimum atomic E-state index is 0.754. The maximum atomic E-state index is 5.15. The average Bonchev–Trinajstić information content (AvgIpc) is 3.06. The van der Waals surface area contributed by atoms with Crippen molar-refractivity contribution in [3.63, 3.8) is 0 Å². The number of benzene rings is 8. The van der Waals surface area contributed by atoms with Crippen LogP contribution in [-0.2, 0) is 0 Å². The van der Waals surface area contributed by atoms with E-state index in [1.54, 1.807) is 0 Å². The van der Waals surface area contributed by atoms with Crippen LogP contribution >= 0.6 is 0 Å². The van der Waals surface area contributed by atoms with Gasteiger partial charge in [-0.1, -0.05) is 121 Å². The van der Waals surface area contributed by atoms with Crippen LogP contribution in [-0.4, -0.2) is 9.97 Å². The predicted molar refractivity (Wildman–Crippen MR) is 177 cm³/mol. The molecule has 42 heavy (non-hydrogen) atoms. The molecule has 2 nitrogen and oxygen atoms in total. The van der Waals surface area contributed by atoms with Crippen LogP contribution < -0.4 is 0 Å². The molecular weight excluding hydrogens is 508 g/mol. The van der Waals surface area contributed by atoms with Crippen molar-refractivity contribution < 1.29 is 0 Å². The van der Waals surface area contributed by atoms with Crippen molar-refractivity contribution in [1.29, 1.82) is 0 Å². The minimum absolute atomic E-state index is 0.754. The normalized spacial score (nSPS) is 11.8. The van der Waals surface area contributed by atoms with E-state index in [1.165, 1.54) is 60.0 Å². The van der Waals surface area contributed by atoms with E-state index in [0.29, 0.717) is 0 Å². The van der Waals surface area contributed by atoms with E-state index in [4.69, 9.17) is 9.97 Å². The second-order valence-corrected chi connectivity index (χ2v) is 11.0. The molecule has 0 aliphatic rings. The fraction of sp³-hybridized carbons (Fsp3) is 0. The van der Waals surface area contributed by atoms with Gasteiger partial charge in [0.2, 0.25) is 0 Å². The van der Waals surface area contributed by atoms with E-state index in [1.807, 2.05) is 0 Å². The van der Waals surface area contributed by atoms with Crippen LogP contribution in [0.25, 0.3) is 87.8 Å². The summed E-state index contributed by atoms with van der Waals surface area (Å²) in [6, 6.07) is 52.1. The Morgan fingerprint density at radius 2 is 1.00 bits per heavy atom. The van der Waals surface area contributed by atoms with E-state index in [0.717, 1.165) is 27.8 Å². The lowest BCUT2D eigenvalue weighted by Crippen LogP contribution is -1.96. The molecule has 0 fully saturated rings. The predicted octanol–water partition coefficient (Wildman–Crippen LogP) is 10.7. The first-order chi connectivity index (χ1) is 20.8. The summed E-state index contributed by atoms with van der Waals surface area (Å²) >= 11 is 0. The molecule has 9 aromatic rings. The highest BCUT2D eigenvalue weighted by Gasteiger charge is 2.19. The molecule has 0 aliphatic carbocycles. The zero-order valence-electron chi connectivity index (χ0n) is 22.8. The Bertz CT molecular complexity index is 2430. The third-order valence-electron chi connectivity index (χ3n) is 8.61. The van der Waals surface area contributed by atoms with Crippen LogP contribution in [0.1, 0.15) is 0 Å². The monoisotopic (exact) mass is 532 g/mol. The highest BCUT2D eigenvalue weighted by Crippen LogP contribution is 2.45. The lowest BCUT2D eigenvalue weighted by atomic mass is 9.86. The number of aromatic nitrogens is 2. The van der Waals surface area contributed by atoms with Gasteiger partial charge in [-0.25, -0.2) is 9.97 Å². The molecule has 0 radical (unpaired) electrons. The summed E-state index contributed by atoms with van der Waals surface area (Å²) in [4.78, 5) is 10.3. The summed E-state index contributed by atoms with van der Waals surface area (Å²) in [6.07, 6.45) is 0. The molecule has 0 N–H and O–H groups in total. The Kier molecular flexibility index (Phi) is 4.93. The Labute approximate surface area is 242 Å². The number of hydrogen-bond acceptors (Lipinski definition) is 2. The second kappa shape index (κ2) is 8.95. The van der Waals surface area contributed by atoms with Crippen LogP contribution in [0.2, 0.25) is 0 Å². The van der Waals surface area contributed by atoms with Crippen molar-refractivity contribution >= 4 is 54.1 Å². The molecule has 0 atom stereocenters. The Hall–Kier alpha value is -5.60. The molecule has 0 saturated carbocycles. The smallest absolute Gasteiger partial charge is 0.160 e. The molecule has 2 heteroatoms. The first-order valence-corrected chi connectivity index (χ1v) is 14.3. The van der Waals surface area contributed by atoms with Gasteiger partial charge >= 0.3 is 0 Å². The van der Waals surface area contributed by atoms with Crippen molar-refractivity contribution in [3.8, 4) is 33.6 Å². The van der Waals surface area contributed by atoms with Crippen molar-refractivity contribution in [2.24, 2.45) is 0 Å². The van der Waals surface area contributed by atoms with Crippen LogP contribution in [0.4, 0.5) is 0 Å². The number of nitrogens with zero attached hydrogens (tertiary/aromatic N) is 2. The molecule has 1 heterocycles. The van der Waals surface area contributed by atoms with Gasteiger partial charge in [0.1, 0.15) is 0 Å². The van der Waals surface area contributed by atoms with Crippen LogP contribution in [0.15, 0.2) is 146 Å². The summed E-state index contributed by atoms with van der Waals surface area (Å²) in [5.41, 5.74) is 7.85. The van der Waals surface area contributed by atoms with E-state index >= 15 is 0 Å². The largest absolute Gasteiger partial charge is 0.228 e. The third-order valence-corrected chi connectivity index (χ3v) is 8.61. The quantitative estimate of drug-likeness (QED) is 0.212. The van der Waals surface area contributed by atoms with E-state index < -0.39 is 0 Å². The number of hydrogen-bond donors (Lipinski definition) is 0. The lowest BCUT2D eigenvalue weighted by Gasteiger charge is -2.19. The molecular formula is C40H24N2. The van der Waals surface area contributed by atoms with E-state index in [2.05, 4.69) is 146 Å². The molecule has 0 bridgehead atoms. The van der Waals surface area contributed by atoms with Crippen molar-refractivity contribution in [3.05, 3.63) is 146 Å². The molecule has 194 valence electrons. The average molecular weight is 533 g/mol. The summed E-state index contributed by atoms with van der Waals surface area (Å²) in [5.74, 6) is 0.754. The fourth-order valence-corrected chi connectivity index (χ4v) is 6.65. The second-order valence-electron chi connectivity index (χ2n) is 11.0. The van der Waals surface area contributed by atoms with Gasteiger partial charge in [0.25, 0.3) is 0 Å². The van der Waals surface area contributed by atoms with Crippen LogP contribution in [0.3, 0.4) is 0 Å². The maximum Gasteiger partial charge on any atom is 0.160 e. The van der Waals surface area contributed by atoms with Gasteiger partial charge in [0.05, 0.1) is 11.0 Å². The molecule has 9 rings (SSSR count). The summed E-state index contributed by atoms with van der Waals surface area (Å²) < 4.78 is 0. The Morgan fingerprint density at radius 3 is 1.81 bits per heavy atom. The topological polar surface area (TPSA) is 25.8 Å². The van der Waals surface area contributed by atoms with Crippen LogP contribution in [0.5, 0.6) is 0 Å². The standard InChI is InChI=1S/C40H24N2/c1-2-10-27(11-3-1)34-24-35(31-16-8-14-26-12-6-7-15-30(26)31)33-20-22-37-39-36(21-19-32(34)38(33)39)41-40(42-37)29-18-17-25-9-4-5-13-28(25)23-29/h1-24H. The van der Waals surface area contributed by atoms with E-state index in [-0.39, 0.29) is 0 Å². The molecule has 0 aliphatic heterocycles. The van der Waals surface area contributed by atoms with Crippen LogP contribution in [0, 0.1) is 0 Å². The van der Waals surface area contributed by atoms with Gasteiger partial charge < -0.3 is 0 Å². The zero-order valence-corrected chi connectivity index (χ0v) is 22.8. The molecule has 8 aromatic carbocycles. The summed E-state index contributed by atoms with van der Waals surface area (Å²) in [7, 11) is 0. The number of rotatable bonds is 3. The minimum Gasteiger partial charge on any atom is -0.228 e. The SMILES string of the molecule is c1ccc(-c2cc(-c3cccc4ccccc34)c3ccc4nc(-c5ccc6ccccc6c5)nc5ccc2c3c54)cc1. The summed E-state index contributed by atoms with van der Waals surface area (Å²) in [6.45, 7) is 0. The van der Waals surface area contributed by atoms with Gasteiger partial charge in [0, 0.05) is 16.3 Å². The molecule has 0 spiro atoms. The fourth-order valence-electron chi connectivity index (χ4n) is 6.65. The maximum absolute atomic E-state index is 5.15.